The van der Waals surface area contributed by atoms with Crippen LogP contribution in [0.25, 0.3) is 0 Å². The van der Waals surface area contributed by atoms with E-state index in [1.807, 2.05) is 0 Å². The summed E-state index contributed by atoms with van der Waals surface area (Å²) in [6.07, 6.45) is 11.6. The molecule has 190 valence electrons. The van der Waals surface area contributed by atoms with E-state index in [0.29, 0.717) is 23.7 Å². The second kappa shape index (κ2) is 7.55. The predicted octanol–water partition coefficient (Wildman–Crippen LogP) is 5.40. The van der Waals surface area contributed by atoms with Crippen LogP contribution in [0.2, 0.25) is 0 Å². The lowest BCUT2D eigenvalue weighted by Gasteiger charge is -2.59. The van der Waals surface area contributed by atoms with Crippen molar-refractivity contribution >= 4 is 5.97 Å². The zero-order chi connectivity index (χ0) is 24.1. The molecule has 0 aromatic heterocycles. The lowest BCUT2D eigenvalue weighted by Crippen LogP contribution is -2.59. The third-order valence-corrected chi connectivity index (χ3v) is 11.9. The summed E-state index contributed by atoms with van der Waals surface area (Å²) in [5.41, 5.74) is 0.753. The number of hydrogen-bond donors (Lipinski definition) is 1. The molecule has 2 saturated heterocycles. The Labute approximate surface area is 205 Å². The minimum absolute atomic E-state index is 0.00602. The van der Waals surface area contributed by atoms with E-state index >= 15 is 0 Å². The molecule has 4 aliphatic carbocycles. The summed E-state index contributed by atoms with van der Waals surface area (Å²) in [4.78, 5) is 11.5. The topological polar surface area (TPSA) is 65.0 Å². The molecule has 5 fully saturated rings. The molecular formula is C29H44O5. The van der Waals surface area contributed by atoms with Gasteiger partial charge in [-0.25, -0.2) is 0 Å². The largest absolute Gasteiger partial charge is 0.462 e. The number of carbonyl (C=O) groups excluding carboxylic acids is 1. The first-order valence-corrected chi connectivity index (χ1v) is 13.9. The molecule has 5 nitrogen and oxygen atoms in total. The van der Waals surface area contributed by atoms with E-state index in [1.165, 1.54) is 12.5 Å². The highest BCUT2D eigenvalue weighted by molar-refractivity contribution is 5.66. The number of ether oxygens (including phenoxy) is 3. The van der Waals surface area contributed by atoms with Gasteiger partial charge in [-0.1, -0.05) is 39.3 Å². The summed E-state index contributed by atoms with van der Waals surface area (Å²) in [6.45, 7) is 11.5. The van der Waals surface area contributed by atoms with E-state index in [1.54, 1.807) is 0 Å². The second-order valence-corrected chi connectivity index (χ2v) is 13.3. The van der Waals surface area contributed by atoms with Gasteiger partial charge in [-0.05, 0) is 74.0 Å². The minimum Gasteiger partial charge on any atom is -0.462 e. The van der Waals surface area contributed by atoms with Gasteiger partial charge in [0.05, 0.1) is 12.7 Å². The number of allylic oxidation sites excluding steroid dienone is 1. The Hall–Kier alpha value is -0.910. The maximum Gasteiger partial charge on any atom is 0.302 e. The first kappa shape index (κ1) is 23.5. The summed E-state index contributed by atoms with van der Waals surface area (Å²) < 4.78 is 18.7. The number of hydrogen-bond acceptors (Lipinski definition) is 5. The van der Waals surface area contributed by atoms with Gasteiger partial charge < -0.3 is 19.3 Å². The van der Waals surface area contributed by atoms with E-state index in [9.17, 15) is 9.90 Å². The summed E-state index contributed by atoms with van der Waals surface area (Å²) in [5.74, 6) is 1.50. The van der Waals surface area contributed by atoms with Gasteiger partial charge in [0.2, 0.25) is 0 Å². The molecule has 11 atom stereocenters. The zero-order valence-corrected chi connectivity index (χ0v) is 21.8. The number of fused-ring (bicyclic) bond motifs is 7. The first-order chi connectivity index (χ1) is 16.0. The van der Waals surface area contributed by atoms with E-state index in [4.69, 9.17) is 14.2 Å². The Balaban J connectivity index is 1.27. The monoisotopic (exact) mass is 472 g/mol. The molecule has 3 saturated carbocycles. The highest BCUT2D eigenvalue weighted by Gasteiger charge is 2.76. The molecular weight excluding hydrogens is 428 g/mol. The summed E-state index contributed by atoms with van der Waals surface area (Å²) >= 11 is 0. The van der Waals surface area contributed by atoms with Gasteiger partial charge in [0, 0.05) is 31.1 Å². The van der Waals surface area contributed by atoms with Crippen LogP contribution in [0, 0.1) is 40.4 Å². The van der Waals surface area contributed by atoms with Crippen LogP contribution in [0.15, 0.2) is 11.6 Å². The SMILES string of the molecule is CC(=O)OC1CCC2(C)C(=CCC3C2CCC2(C)C3CC3OC4(CCC(C)CO4)C(C)C32O)C1. The predicted molar refractivity (Wildman–Crippen MR) is 129 cm³/mol. The van der Waals surface area contributed by atoms with Crippen molar-refractivity contribution in [3.8, 4) is 0 Å². The molecule has 0 aromatic carbocycles. The Kier molecular flexibility index (Phi) is 5.22. The van der Waals surface area contributed by atoms with E-state index in [2.05, 4.69) is 33.8 Å². The lowest BCUT2D eigenvalue weighted by atomic mass is 9.46. The van der Waals surface area contributed by atoms with Gasteiger partial charge in [-0.3, -0.25) is 4.79 Å². The third kappa shape index (κ3) is 2.93. The Morgan fingerprint density at radius 2 is 1.91 bits per heavy atom. The van der Waals surface area contributed by atoms with Crippen LogP contribution >= 0.6 is 0 Å². The fraction of sp³-hybridized carbons (Fsp3) is 0.897. The van der Waals surface area contributed by atoms with Crippen molar-refractivity contribution in [2.45, 2.75) is 116 Å². The fourth-order valence-corrected chi connectivity index (χ4v) is 9.90. The normalized spacial score (nSPS) is 56.2. The molecule has 11 unspecified atom stereocenters. The van der Waals surface area contributed by atoms with E-state index in [-0.39, 0.29) is 34.9 Å². The lowest BCUT2D eigenvalue weighted by molar-refractivity contribution is -0.274. The molecule has 2 aliphatic heterocycles. The van der Waals surface area contributed by atoms with Crippen molar-refractivity contribution < 1.29 is 24.1 Å². The number of carbonyl (C=O) groups is 1. The van der Waals surface area contributed by atoms with Crippen LogP contribution in [-0.4, -0.2) is 41.3 Å². The zero-order valence-electron chi connectivity index (χ0n) is 21.8. The molecule has 5 heteroatoms. The summed E-state index contributed by atoms with van der Waals surface area (Å²) in [5, 5.41) is 12.5. The average Bonchev–Trinajstić information content (AvgIpc) is 3.14. The molecule has 0 radical (unpaired) electrons. The van der Waals surface area contributed by atoms with Crippen molar-refractivity contribution in [2.75, 3.05) is 6.61 Å². The van der Waals surface area contributed by atoms with Gasteiger partial charge >= 0.3 is 5.97 Å². The maximum atomic E-state index is 12.5. The van der Waals surface area contributed by atoms with E-state index < -0.39 is 11.4 Å². The smallest absolute Gasteiger partial charge is 0.302 e. The van der Waals surface area contributed by atoms with Crippen LogP contribution < -0.4 is 0 Å². The van der Waals surface area contributed by atoms with E-state index in [0.717, 1.165) is 64.4 Å². The molecule has 34 heavy (non-hydrogen) atoms. The van der Waals surface area contributed by atoms with Crippen molar-refractivity contribution in [3.63, 3.8) is 0 Å². The van der Waals surface area contributed by atoms with Crippen LogP contribution in [-0.2, 0) is 19.0 Å². The van der Waals surface area contributed by atoms with Gasteiger partial charge in [0.25, 0.3) is 0 Å². The standard InChI is InChI=1S/C29H44O5/c1-17-8-13-28(32-16-17)18(2)29(31)25(34-28)15-24-22-7-6-20-14-21(33-19(3)30)9-11-26(20,4)23(22)10-12-27(24,29)5/h6,17-18,21-25,31H,7-16H2,1-5H3. The number of esters is 1. The molecule has 1 N–H and O–H groups in total. The highest BCUT2D eigenvalue weighted by atomic mass is 16.7. The van der Waals surface area contributed by atoms with Gasteiger partial charge in [-0.15, -0.1) is 0 Å². The molecule has 0 aromatic rings. The highest BCUT2D eigenvalue weighted by Crippen LogP contribution is 2.72. The van der Waals surface area contributed by atoms with Crippen molar-refractivity contribution in [1.82, 2.24) is 0 Å². The van der Waals surface area contributed by atoms with Crippen LogP contribution in [0.3, 0.4) is 0 Å². The first-order valence-electron chi connectivity index (χ1n) is 13.9. The molecule has 0 bridgehead atoms. The molecule has 2 heterocycles. The molecule has 6 aliphatic rings. The maximum absolute atomic E-state index is 12.5. The third-order valence-electron chi connectivity index (χ3n) is 11.9. The average molecular weight is 473 g/mol. The van der Waals surface area contributed by atoms with Crippen molar-refractivity contribution in [2.24, 2.45) is 40.4 Å². The van der Waals surface area contributed by atoms with Gasteiger partial charge in [-0.2, -0.15) is 0 Å². The van der Waals surface area contributed by atoms with Gasteiger partial charge in [0.15, 0.2) is 5.79 Å². The Morgan fingerprint density at radius 1 is 1.12 bits per heavy atom. The molecule has 0 amide bonds. The van der Waals surface area contributed by atoms with Crippen LogP contribution in [0.4, 0.5) is 0 Å². The Bertz CT molecular complexity index is 889. The van der Waals surface area contributed by atoms with Crippen molar-refractivity contribution in [1.29, 1.82) is 0 Å². The molecule has 1 spiro atoms. The number of aliphatic hydroxyl groups is 1. The quantitative estimate of drug-likeness (QED) is 0.409. The Morgan fingerprint density at radius 3 is 2.62 bits per heavy atom. The fourth-order valence-electron chi connectivity index (χ4n) is 9.90. The van der Waals surface area contributed by atoms with Crippen LogP contribution in [0.1, 0.15) is 92.4 Å². The summed E-state index contributed by atoms with van der Waals surface area (Å²) in [6, 6.07) is 0. The minimum atomic E-state index is -0.818. The van der Waals surface area contributed by atoms with Crippen LogP contribution in [0.5, 0.6) is 0 Å². The second-order valence-electron chi connectivity index (χ2n) is 13.3. The van der Waals surface area contributed by atoms with Gasteiger partial charge in [0.1, 0.15) is 11.7 Å². The van der Waals surface area contributed by atoms with Crippen molar-refractivity contribution in [3.05, 3.63) is 11.6 Å². The number of rotatable bonds is 1. The molecule has 6 rings (SSSR count). The summed E-state index contributed by atoms with van der Waals surface area (Å²) in [7, 11) is 0.